The van der Waals surface area contributed by atoms with Gasteiger partial charge in [0.1, 0.15) is 0 Å². The van der Waals surface area contributed by atoms with Gasteiger partial charge in [-0.05, 0) is 30.5 Å². The molecule has 2 amide bonds. The second-order valence-electron chi connectivity index (χ2n) is 5.16. The Morgan fingerprint density at radius 1 is 1.33 bits per heavy atom. The molecule has 1 aromatic rings. The third-order valence-corrected chi connectivity index (χ3v) is 4.37. The molecule has 0 aromatic heterocycles. The summed E-state index contributed by atoms with van der Waals surface area (Å²) < 4.78 is 0.923. The fourth-order valence-electron chi connectivity index (χ4n) is 2.21. The van der Waals surface area contributed by atoms with E-state index in [1.165, 1.54) is 0 Å². The third kappa shape index (κ3) is 4.35. The standard InChI is InChI=1S/C14H16BrClN2O3/c15-9-1-2-10(11(16)7-9)14(4-5-14)8-18-13(21)17-6-3-12(19)20/h1-2,7H,3-6,8H2,(H,19,20)(H2,17,18,21). The molecule has 1 aromatic carbocycles. The van der Waals surface area contributed by atoms with Crippen molar-refractivity contribution in [2.24, 2.45) is 0 Å². The summed E-state index contributed by atoms with van der Waals surface area (Å²) in [5, 5.41) is 14.5. The summed E-state index contributed by atoms with van der Waals surface area (Å²) in [4.78, 5) is 22.0. The van der Waals surface area contributed by atoms with Crippen molar-refractivity contribution in [2.75, 3.05) is 13.1 Å². The van der Waals surface area contributed by atoms with Crippen LogP contribution in [0.25, 0.3) is 0 Å². The number of hydrogen-bond donors (Lipinski definition) is 3. The molecule has 0 heterocycles. The van der Waals surface area contributed by atoms with Crippen molar-refractivity contribution in [3.63, 3.8) is 0 Å². The summed E-state index contributed by atoms with van der Waals surface area (Å²) >= 11 is 9.64. The number of hydrogen-bond acceptors (Lipinski definition) is 2. The van der Waals surface area contributed by atoms with E-state index in [-0.39, 0.29) is 24.4 Å². The number of amides is 2. The molecular formula is C14H16BrClN2O3. The monoisotopic (exact) mass is 374 g/mol. The van der Waals surface area contributed by atoms with Crippen LogP contribution in [0, 0.1) is 0 Å². The molecule has 1 aliphatic carbocycles. The predicted molar refractivity (Wildman–Crippen MR) is 83.7 cm³/mol. The highest BCUT2D eigenvalue weighted by atomic mass is 79.9. The summed E-state index contributed by atoms with van der Waals surface area (Å²) in [7, 11) is 0. The predicted octanol–water partition coefficient (Wildman–Crippen LogP) is 2.91. The summed E-state index contributed by atoms with van der Waals surface area (Å²) in [6.07, 6.45) is 1.87. The van der Waals surface area contributed by atoms with Gasteiger partial charge in [-0.3, -0.25) is 4.79 Å². The van der Waals surface area contributed by atoms with Gasteiger partial charge in [-0.15, -0.1) is 0 Å². The molecule has 0 radical (unpaired) electrons. The minimum atomic E-state index is -0.935. The molecule has 21 heavy (non-hydrogen) atoms. The highest BCUT2D eigenvalue weighted by Gasteiger charge is 2.45. The molecule has 5 nitrogen and oxygen atoms in total. The van der Waals surface area contributed by atoms with Gasteiger partial charge < -0.3 is 15.7 Å². The van der Waals surface area contributed by atoms with E-state index < -0.39 is 5.97 Å². The molecule has 3 N–H and O–H groups in total. The minimum absolute atomic E-state index is 0.0862. The van der Waals surface area contributed by atoms with E-state index in [4.69, 9.17) is 16.7 Å². The van der Waals surface area contributed by atoms with Crippen LogP contribution in [-0.4, -0.2) is 30.2 Å². The molecule has 0 saturated heterocycles. The molecular weight excluding hydrogens is 360 g/mol. The van der Waals surface area contributed by atoms with Crippen molar-refractivity contribution in [3.8, 4) is 0 Å². The number of carboxylic acid groups (broad SMARTS) is 1. The average Bonchev–Trinajstić information content (AvgIpc) is 3.17. The van der Waals surface area contributed by atoms with Crippen LogP contribution in [0.3, 0.4) is 0 Å². The van der Waals surface area contributed by atoms with Crippen LogP contribution in [0.4, 0.5) is 4.79 Å². The smallest absolute Gasteiger partial charge is 0.314 e. The van der Waals surface area contributed by atoms with Gasteiger partial charge in [0.2, 0.25) is 0 Å². The van der Waals surface area contributed by atoms with Gasteiger partial charge in [-0.1, -0.05) is 33.6 Å². The van der Waals surface area contributed by atoms with Gasteiger partial charge in [0.05, 0.1) is 6.42 Å². The van der Waals surface area contributed by atoms with Crippen LogP contribution < -0.4 is 10.6 Å². The third-order valence-electron chi connectivity index (χ3n) is 3.57. The Hall–Kier alpha value is -1.27. The van der Waals surface area contributed by atoms with E-state index in [0.717, 1.165) is 22.9 Å². The molecule has 0 bridgehead atoms. The lowest BCUT2D eigenvalue weighted by molar-refractivity contribution is -0.136. The fourth-order valence-corrected chi connectivity index (χ4v) is 3.08. The van der Waals surface area contributed by atoms with E-state index >= 15 is 0 Å². The van der Waals surface area contributed by atoms with E-state index in [2.05, 4.69) is 26.6 Å². The maximum absolute atomic E-state index is 11.6. The van der Waals surface area contributed by atoms with Gasteiger partial charge in [0.25, 0.3) is 0 Å². The van der Waals surface area contributed by atoms with Crippen LogP contribution in [0.15, 0.2) is 22.7 Å². The van der Waals surface area contributed by atoms with Crippen LogP contribution in [-0.2, 0) is 10.2 Å². The van der Waals surface area contributed by atoms with E-state index in [1.807, 2.05) is 18.2 Å². The van der Waals surface area contributed by atoms with Gasteiger partial charge >= 0.3 is 12.0 Å². The summed E-state index contributed by atoms with van der Waals surface area (Å²) in [5.74, 6) is -0.935. The van der Waals surface area contributed by atoms with Crippen molar-refractivity contribution in [1.29, 1.82) is 0 Å². The molecule has 0 atom stereocenters. The number of carbonyl (C=O) groups excluding carboxylic acids is 1. The highest BCUT2D eigenvalue weighted by molar-refractivity contribution is 9.10. The topological polar surface area (TPSA) is 78.4 Å². The zero-order valence-corrected chi connectivity index (χ0v) is 13.6. The molecule has 0 aliphatic heterocycles. The minimum Gasteiger partial charge on any atom is -0.481 e. The number of benzene rings is 1. The Kier molecular flexibility index (Phi) is 5.11. The Morgan fingerprint density at radius 2 is 2.05 bits per heavy atom. The fraction of sp³-hybridized carbons (Fsp3) is 0.429. The summed E-state index contributed by atoms with van der Waals surface area (Å²) in [5.41, 5.74) is 0.945. The van der Waals surface area contributed by atoms with E-state index in [0.29, 0.717) is 11.6 Å². The number of urea groups is 1. The lowest BCUT2D eigenvalue weighted by Gasteiger charge is -2.18. The Balaban J connectivity index is 1.87. The van der Waals surface area contributed by atoms with Crippen LogP contribution in [0.5, 0.6) is 0 Å². The molecule has 7 heteroatoms. The number of carbonyl (C=O) groups is 2. The zero-order valence-electron chi connectivity index (χ0n) is 11.3. The van der Waals surface area contributed by atoms with Crippen molar-refractivity contribution in [1.82, 2.24) is 10.6 Å². The van der Waals surface area contributed by atoms with Crippen LogP contribution in [0.2, 0.25) is 5.02 Å². The first-order valence-corrected chi connectivity index (χ1v) is 7.79. The first kappa shape index (κ1) is 16.1. The molecule has 0 spiro atoms. The van der Waals surface area contributed by atoms with Gasteiger partial charge in [0, 0.05) is 28.0 Å². The maximum atomic E-state index is 11.6. The number of nitrogens with one attached hydrogen (secondary N) is 2. The zero-order chi connectivity index (χ0) is 15.5. The number of carboxylic acids is 1. The normalized spacial score (nSPS) is 15.3. The van der Waals surface area contributed by atoms with Crippen LogP contribution >= 0.6 is 27.5 Å². The Morgan fingerprint density at radius 3 is 2.62 bits per heavy atom. The maximum Gasteiger partial charge on any atom is 0.314 e. The lowest BCUT2D eigenvalue weighted by Crippen LogP contribution is -2.40. The molecule has 1 saturated carbocycles. The first-order chi connectivity index (χ1) is 9.93. The highest BCUT2D eigenvalue weighted by Crippen LogP contribution is 2.50. The van der Waals surface area contributed by atoms with Crippen molar-refractivity contribution in [2.45, 2.75) is 24.7 Å². The molecule has 2 rings (SSSR count). The molecule has 1 aliphatic rings. The van der Waals surface area contributed by atoms with Gasteiger partial charge in [0.15, 0.2) is 0 Å². The van der Waals surface area contributed by atoms with Crippen LogP contribution in [0.1, 0.15) is 24.8 Å². The number of halogens is 2. The van der Waals surface area contributed by atoms with Crippen molar-refractivity contribution >= 4 is 39.5 Å². The van der Waals surface area contributed by atoms with E-state index in [9.17, 15) is 9.59 Å². The molecule has 0 unspecified atom stereocenters. The largest absolute Gasteiger partial charge is 0.481 e. The number of rotatable bonds is 6. The van der Waals surface area contributed by atoms with Gasteiger partial charge in [-0.25, -0.2) is 4.79 Å². The Bertz CT molecular complexity index is 561. The number of aliphatic carboxylic acids is 1. The Labute approximate surface area is 136 Å². The summed E-state index contributed by atoms with van der Waals surface area (Å²) in [6.45, 7) is 0.612. The van der Waals surface area contributed by atoms with Crippen molar-refractivity contribution in [3.05, 3.63) is 33.3 Å². The average molecular weight is 376 g/mol. The van der Waals surface area contributed by atoms with Crippen molar-refractivity contribution < 1.29 is 14.7 Å². The SMILES string of the molecule is O=C(O)CCNC(=O)NCC1(c2ccc(Br)cc2Cl)CC1. The molecule has 1 fully saturated rings. The van der Waals surface area contributed by atoms with E-state index in [1.54, 1.807) is 0 Å². The van der Waals surface area contributed by atoms with Gasteiger partial charge in [-0.2, -0.15) is 0 Å². The lowest BCUT2D eigenvalue weighted by atomic mass is 9.96. The first-order valence-electron chi connectivity index (χ1n) is 6.62. The second-order valence-corrected chi connectivity index (χ2v) is 6.48. The second kappa shape index (κ2) is 6.66. The quantitative estimate of drug-likeness (QED) is 0.715. The molecule has 114 valence electrons. The summed E-state index contributed by atoms with van der Waals surface area (Å²) in [6, 6.07) is 5.41.